The number of hydrogen-bond donors (Lipinski definition) is 4. The molecule has 2 saturated carbocycles. The summed E-state index contributed by atoms with van der Waals surface area (Å²) in [7, 11) is 0. The Morgan fingerprint density at radius 3 is 0.923 bits per heavy atom. The molecule has 4 N–H and O–H groups in total. The van der Waals surface area contributed by atoms with Crippen LogP contribution in [-0.4, -0.2) is 70.2 Å². The van der Waals surface area contributed by atoms with Crippen LogP contribution in [0.2, 0.25) is 0 Å². The van der Waals surface area contributed by atoms with Gasteiger partial charge in [0.1, 0.15) is 71.0 Å². The van der Waals surface area contributed by atoms with E-state index in [4.69, 9.17) is 18.9 Å². The number of benzene rings is 4. The molecule has 0 saturated heterocycles. The molecule has 20 heteroatoms. The summed E-state index contributed by atoms with van der Waals surface area (Å²) >= 11 is 0. The predicted octanol–water partition coefficient (Wildman–Crippen LogP) is 15.8. The SMILES string of the molecule is CC(C)(C)CC(OCc1cc(F)cc(F)c1)C(=O)NC(C)(C)C.CC(C)(C)NC(=O)C(CC1CCC1)OCc1cc(F)cc(F)c1.CC(C)(C)NC(=O)C(OCc1cc(F)cc(F)c1)C(C)(C)C.CC1CC1CC(OCc1cc(F)cc(F)c1)C(=O)NC(C)(C)C. The lowest BCUT2D eigenvalue weighted by atomic mass is 9.81. The lowest BCUT2D eigenvalue weighted by molar-refractivity contribution is -0.143. The van der Waals surface area contributed by atoms with Crippen LogP contribution in [0, 0.1) is 75.1 Å². The van der Waals surface area contributed by atoms with Crippen LogP contribution in [-0.2, 0) is 64.6 Å². The Bertz CT molecular complexity index is 2820. The standard InChI is InChI=1S/2C18H25F2NO2.C18H27F2NO2.C17H25F2NO2/c1-11-5-13(11)8-16(17(22)21-18(2,3)4)23-10-12-6-14(19)9-15(20)7-12;1-18(2,3)21-17(22)16(9-12-5-4-6-12)23-11-13-7-14(19)10-15(20)8-13;1-17(2,3)10-15(16(22)21-18(4,5)6)23-11-12-7-13(19)9-14(20)8-12;1-16(2,3)14(15(21)20-17(4,5)6)22-10-11-7-12(18)9-13(19)8-11/h6-7,9,11,13,16H,5,8,10H2,1-4H3,(H,21,22);7-8,10,12,16H,4-6,9,11H2,1-3H3,(H,21,22);7-9,15H,10-11H2,1-6H3,(H,21,22);7-9,14H,10H2,1-6H3,(H,20,21). The van der Waals surface area contributed by atoms with E-state index in [1.165, 1.54) is 55.0 Å². The lowest BCUT2D eigenvalue weighted by Crippen LogP contribution is -2.50. The summed E-state index contributed by atoms with van der Waals surface area (Å²) < 4.78 is 129. The molecule has 6 rings (SSSR count). The molecule has 0 heterocycles. The van der Waals surface area contributed by atoms with Gasteiger partial charge in [0.05, 0.1) is 26.4 Å². The first-order chi connectivity index (χ1) is 41.6. The summed E-state index contributed by atoms with van der Waals surface area (Å²) in [4.78, 5) is 49.6. The quantitative estimate of drug-likeness (QED) is 0.0602. The summed E-state index contributed by atoms with van der Waals surface area (Å²) in [6.45, 7) is 36.6. The second-order valence-electron chi connectivity index (χ2n) is 30.5. The number of nitrogens with one attached hydrogen (secondary N) is 4. The normalized spacial score (nSPS) is 16.6. The van der Waals surface area contributed by atoms with Crippen molar-refractivity contribution < 1.29 is 73.2 Å². The van der Waals surface area contributed by atoms with Crippen molar-refractivity contribution in [2.75, 3.05) is 0 Å². The minimum Gasteiger partial charge on any atom is -0.364 e. The second-order valence-corrected chi connectivity index (χ2v) is 30.5. The van der Waals surface area contributed by atoms with Gasteiger partial charge in [-0.05, 0) is 208 Å². The minimum absolute atomic E-state index is 0.0119. The zero-order chi connectivity index (χ0) is 69.2. The summed E-state index contributed by atoms with van der Waals surface area (Å²) in [5.41, 5.74) is -0.503. The maximum Gasteiger partial charge on any atom is 0.250 e. The van der Waals surface area contributed by atoms with Crippen molar-refractivity contribution in [3.8, 4) is 0 Å². The van der Waals surface area contributed by atoms with Crippen LogP contribution in [0.5, 0.6) is 0 Å². The first-order valence-corrected chi connectivity index (χ1v) is 31.2. The first kappa shape index (κ1) is 79.3. The molecule has 0 radical (unpaired) electrons. The van der Waals surface area contributed by atoms with Gasteiger partial charge >= 0.3 is 0 Å². The van der Waals surface area contributed by atoms with E-state index < -0.39 is 76.4 Å². The van der Waals surface area contributed by atoms with Gasteiger partial charge in [0.15, 0.2) is 0 Å². The Kier molecular flexibility index (Phi) is 29.9. The van der Waals surface area contributed by atoms with Gasteiger partial charge in [0.2, 0.25) is 23.6 Å². The molecule has 91 heavy (non-hydrogen) atoms. The third-order valence-corrected chi connectivity index (χ3v) is 13.7. The molecular weight excluding hydrogens is 1190 g/mol. The van der Waals surface area contributed by atoms with Gasteiger partial charge in [-0.3, -0.25) is 19.2 Å². The average molecular weight is 1290 g/mol. The van der Waals surface area contributed by atoms with E-state index in [-0.39, 0.29) is 77.6 Å². The number of carbonyl (C=O) groups is 4. The highest BCUT2D eigenvalue weighted by Crippen LogP contribution is 2.42. The van der Waals surface area contributed by atoms with Crippen LogP contribution in [0.25, 0.3) is 0 Å². The van der Waals surface area contributed by atoms with Crippen molar-refractivity contribution in [2.45, 2.75) is 249 Å². The molecule has 12 nitrogen and oxygen atoms in total. The Balaban J connectivity index is 0.000000317. The van der Waals surface area contributed by atoms with E-state index in [0.717, 1.165) is 43.5 Å². The first-order valence-electron chi connectivity index (χ1n) is 31.2. The van der Waals surface area contributed by atoms with Gasteiger partial charge in [-0.1, -0.05) is 67.7 Å². The van der Waals surface area contributed by atoms with Gasteiger partial charge in [0, 0.05) is 46.4 Å². The summed E-state index contributed by atoms with van der Waals surface area (Å²) in [5.74, 6) is -4.42. The second kappa shape index (κ2) is 34.3. The van der Waals surface area contributed by atoms with Crippen LogP contribution in [0.4, 0.5) is 35.1 Å². The maximum absolute atomic E-state index is 13.2. The molecule has 0 bridgehead atoms. The van der Waals surface area contributed by atoms with Gasteiger partial charge in [-0.2, -0.15) is 0 Å². The predicted molar refractivity (Wildman–Crippen MR) is 339 cm³/mol. The number of hydrogen-bond acceptors (Lipinski definition) is 8. The van der Waals surface area contributed by atoms with Crippen molar-refractivity contribution in [1.82, 2.24) is 21.3 Å². The van der Waals surface area contributed by atoms with E-state index in [1.807, 2.05) is 125 Å². The van der Waals surface area contributed by atoms with E-state index in [1.54, 1.807) is 0 Å². The Hall–Kier alpha value is -5.96. The smallest absolute Gasteiger partial charge is 0.250 e. The molecule has 4 aromatic carbocycles. The van der Waals surface area contributed by atoms with Crippen molar-refractivity contribution in [3.63, 3.8) is 0 Å². The largest absolute Gasteiger partial charge is 0.364 e. The highest BCUT2D eigenvalue weighted by atomic mass is 19.2. The van der Waals surface area contributed by atoms with Crippen LogP contribution < -0.4 is 21.3 Å². The van der Waals surface area contributed by atoms with E-state index in [0.29, 0.717) is 59.3 Å². The number of halogens is 8. The summed E-state index contributed by atoms with van der Waals surface area (Å²) in [6, 6.07) is 13.0. The third-order valence-electron chi connectivity index (χ3n) is 13.7. The molecule has 510 valence electrons. The number of rotatable bonds is 21. The van der Waals surface area contributed by atoms with E-state index in [9.17, 15) is 54.3 Å². The number of amides is 4. The van der Waals surface area contributed by atoms with Gasteiger partial charge in [-0.15, -0.1) is 0 Å². The fourth-order valence-electron chi connectivity index (χ4n) is 9.37. The molecule has 0 aromatic heterocycles. The third kappa shape index (κ3) is 34.0. The fraction of sp³-hybridized carbons (Fsp3) is 0.606. The number of carbonyl (C=O) groups excluding carboxylic acids is 4. The lowest BCUT2D eigenvalue weighted by Gasteiger charge is -2.32. The summed E-state index contributed by atoms with van der Waals surface area (Å²) in [5, 5.41) is 11.6. The van der Waals surface area contributed by atoms with Gasteiger partial charge < -0.3 is 40.2 Å². The monoisotopic (exact) mass is 1290 g/mol. The zero-order valence-electron chi connectivity index (χ0n) is 57.0. The van der Waals surface area contributed by atoms with Crippen LogP contribution in [0.1, 0.15) is 199 Å². The van der Waals surface area contributed by atoms with Crippen LogP contribution >= 0.6 is 0 Å². The molecule has 6 unspecified atom stereocenters. The van der Waals surface area contributed by atoms with Crippen molar-refractivity contribution in [1.29, 1.82) is 0 Å². The maximum atomic E-state index is 13.2. The minimum atomic E-state index is -0.724. The van der Waals surface area contributed by atoms with Crippen LogP contribution in [0.15, 0.2) is 72.8 Å². The average Bonchev–Trinajstić information content (AvgIpc) is 1.90. The summed E-state index contributed by atoms with van der Waals surface area (Å²) in [6.07, 6.45) is 3.70. The molecular formula is C71H102F8N4O8. The van der Waals surface area contributed by atoms with Gasteiger partial charge in [-0.25, -0.2) is 35.1 Å². The molecule has 2 aliphatic rings. The highest BCUT2D eigenvalue weighted by Gasteiger charge is 2.38. The molecule has 4 amide bonds. The molecule has 0 aliphatic heterocycles. The van der Waals surface area contributed by atoms with Crippen molar-refractivity contribution >= 4 is 23.6 Å². The van der Waals surface area contributed by atoms with Crippen molar-refractivity contribution in [2.24, 2.45) is 28.6 Å². The van der Waals surface area contributed by atoms with Crippen LogP contribution in [0.3, 0.4) is 0 Å². The Morgan fingerprint density at radius 1 is 0.407 bits per heavy atom. The Morgan fingerprint density at radius 2 is 0.670 bits per heavy atom. The fourth-order valence-corrected chi connectivity index (χ4v) is 9.37. The topological polar surface area (TPSA) is 153 Å². The number of ether oxygens (including phenoxy) is 4. The molecule has 0 spiro atoms. The molecule has 2 aliphatic carbocycles. The molecule has 4 aromatic rings. The zero-order valence-corrected chi connectivity index (χ0v) is 57.0. The molecule has 6 atom stereocenters. The van der Waals surface area contributed by atoms with E-state index >= 15 is 0 Å². The van der Waals surface area contributed by atoms with Crippen molar-refractivity contribution in [3.05, 3.63) is 142 Å². The molecule has 2 fully saturated rings. The highest BCUT2D eigenvalue weighted by molar-refractivity contribution is 5.83. The Labute approximate surface area is 535 Å². The van der Waals surface area contributed by atoms with Gasteiger partial charge in [0.25, 0.3) is 0 Å². The van der Waals surface area contributed by atoms with E-state index in [2.05, 4.69) is 28.2 Å².